The molecule has 0 spiro atoms. The number of rotatable bonds is 2. The second-order valence-corrected chi connectivity index (χ2v) is 3.29. The van der Waals surface area contributed by atoms with Crippen molar-refractivity contribution in [3.8, 4) is 0 Å². The first-order chi connectivity index (χ1) is 4.48. The largest absolute Gasteiger partial charge is 0.354 e. The van der Waals surface area contributed by atoms with Crippen molar-refractivity contribution in [1.29, 1.82) is 0 Å². The molecule has 0 unspecified atom stereocenters. The third-order valence-electron chi connectivity index (χ3n) is 1.11. The van der Waals surface area contributed by atoms with Crippen LogP contribution in [0.2, 0.25) is 0 Å². The highest BCUT2D eigenvalue weighted by Gasteiger charge is 2.19. The van der Waals surface area contributed by atoms with E-state index in [1.54, 1.807) is 0 Å². The summed E-state index contributed by atoms with van der Waals surface area (Å²) >= 11 is 0. The van der Waals surface area contributed by atoms with Gasteiger partial charge in [-0.2, -0.15) is 0 Å². The van der Waals surface area contributed by atoms with Crippen LogP contribution in [0.4, 0.5) is 0 Å². The number of nitrogens with two attached hydrogens (primary N) is 1. The Hall–Kier alpha value is -0.570. The second kappa shape index (κ2) is 3.56. The lowest BCUT2D eigenvalue weighted by atomic mass is 9.96. The summed E-state index contributed by atoms with van der Waals surface area (Å²) in [6.07, 6.45) is 0. The molecule has 0 bridgehead atoms. The Morgan fingerprint density at radius 3 is 2.30 bits per heavy atom. The van der Waals surface area contributed by atoms with Crippen LogP contribution in [0.15, 0.2) is 0 Å². The normalized spacial score (nSPS) is 11.2. The van der Waals surface area contributed by atoms with Crippen LogP contribution in [-0.4, -0.2) is 19.0 Å². The Kier molecular flexibility index (Phi) is 3.36. The molecule has 0 saturated heterocycles. The van der Waals surface area contributed by atoms with Gasteiger partial charge in [0.15, 0.2) is 0 Å². The zero-order chi connectivity index (χ0) is 8.20. The number of hydrogen-bond acceptors (Lipinski definition) is 2. The van der Waals surface area contributed by atoms with Gasteiger partial charge in [0.2, 0.25) is 5.91 Å². The molecule has 3 N–H and O–H groups in total. The molecule has 0 atom stereocenters. The van der Waals surface area contributed by atoms with Gasteiger partial charge in [-0.15, -0.1) is 0 Å². The van der Waals surface area contributed by atoms with Gasteiger partial charge >= 0.3 is 0 Å². The minimum Gasteiger partial charge on any atom is -0.354 e. The van der Waals surface area contributed by atoms with E-state index in [9.17, 15) is 4.79 Å². The van der Waals surface area contributed by atoms with Gasteiger partial charge in [-0.25, -0.2) is 0 Å². The third kappa shape index (κ3) is 3.45. The number of nitrogens with one attached hydrogen (secondary N) is 1. The second-order valence-electron chi connectivity index (χ2n) is 3.29. The predicted molar refractivity (Wildman–Crippen MR) is 41.5 cm³/mol. The summed E-state index contributed by atoms with van der Waals surface area (Å²) in [5, 5.41) is 2.71. The molecule has 0 rings (SSSR count). The number of carbonyl (C=O) groups excluding carboxylic acids is 1. The van der Waals surface area contributed by atoms with Gasteiger partial charge in [-0.1, -0.05) is 20.8 Å². The SMILES string of the molecule is CC(C)(C)C(=O)NCCN. The van der Waals surface area contributed by atoms with E-state index in [0.29, 0.717) is 13.1 Å². The fourth-order valence-corrected chi connectivity index (χ4v) is 0.451. The Bertz CT molecular complexity index is 115. The van der Waals surface area contributed by atoms with Gasteiger partial charge < -0.3 is 11.1 Å². The molecule has 60 valence electrons. The first-order valence-corrected chi connectivity index (χ1v) is 3.47. The first kappa shape index (κ1) is 9.43. The highest BCUT2D eigenvalue weighted by atomic mass is 16.2. The van der Waals surface area contributed by atoms with Crippen LogP contribution in [0.1, 0.15) is 20.8 Å². The fourth-order valence-electron chi connectivity index (χ4n) is 0.451. The van der Waals surface area contributed by atoms with Gasteiger partial charge in [0.25, 0.3) is 0 Å². The molecule has 0 saturated carbocycles. The van der Waals surface area contributed by atoms with Gasteiger partial charge in [-0.3, -0.25) is 4.79 Å². The van der Waals surface area contributed by atoms with E-state index >= 15 is 0 Å². The summed E-state index contributed by atoms with van der Waals surface area (Å²) in [5.74, 6) is 0.0537. The monoisotopic (exact) mass is 144 g/mol. The van der Waals surface area contributed by atoms with Crippen LogP contribution >= 0.6 is 0 Å². The molecular formula is C7H16N2O. The van der Waals surface area contributed by atoms with E-state index < -0.39 is 0 Å². The molecular weight excluding hydrogens is 128 g/mol. The smallest absolute Gasteiger partial charge is 0.225 e. The zero-order valence-electron chi connectivity index (χ0n) is 6.90. The van der Waals surface area contributed by atoms with Crippen molar-refractivity contribution < 1.29 is 4.79 Å². The van der Waals surface area contributed by atoms with E-state index in [-0.39, 0.29) is 11.3 Å². The van der Waals surface area contributed by atoms with Gasteiger partial charge in [0, 0.05) is 18.5 Å². The molecule has 1 amide bonds. The predicted octanol–water partition coefficient (Wildman–Crippen LogP) is 0.107. The van der Waals surface area contributed by atoms with Crippen LogP contribution in [0, 0.1) is 5.41 Å². The van der Waals surface area contributed by atoms with Gasteiger partial charge in [0.1, 0.15) is 0 Å². The van der Waals surface area contributed by atoms with Crippen molar-refractivity contribution in [3.63, 3.8) is 0 Å². The van der Waals surface area contributed by atoms with E-state index in [2.05, 4.69) is 5.32 Å². The molecule has 0 aromatic carbocycles. The lowest BCUT2D eigenvalue weighted by Crippen LogP contribution is -2.37. The molecule has 0 aliphatic rings. The lowest BCUT2D eigenvalue weighted by molar-refractivity contribution is -0.128. The molecule has 0 heterocycles. The molecule has 0 aliphatic carbocycles. The van der Waals surface area contributed by atoms with Crippen molar-refractivity contribution in [2.24, 2.45) is 11.1 Å². The maximum atomic E-state index is 11.1. The average molecular weight is 144 g/mol. The van der Waals surface area contributed by atoms with Gasteiger partial charge in [0.05, 0.1) is 0 Å². The molecule has 0 aliphatic heterocycles. The van der Waals surface area contributed by atoms with Crippen molar-refractivity contribution in [2.45, 2.75) is 20.8 Å². The molecule has 0 radical (unpaired) electrons. The zero-order valence-corrected chi connectivity index (χ0v) is 6.90. The first-order valence-electron chi connectivity index (χ1n) is 3.47. The molecule has 3 heteroatoms. The van der Waals surface area contributed by atoms with Crippen molar-refractivity contribution >= 4 is 5.91 Å². The topological polar surface area (TPSA) is 55.1 Å². The third-order valence-corrected chi connectivity index (χ3v) is 1.11. The summed E-state index contributed by atoms with van der Waals surface area (Å²) in [6.45, 7) is 6.69. The molecule has 3 nitrogen and oxygen atoms in total. The van der Waals surface area contributed by atoms with Crippen LogP contribution in [-0.2, 0) is 4.79 Å². The Balaban J connectivity index is 3.64. The van der Waals surface area contributed by atoms with Gasteiger partial charge in [-0.05, 0) is 0 Å². The Morgan fingerprint density at radius 2 is 2.00 bits per heavy atom. The number of amides is 1. The molecule has 10 heavy (non-hydrogen) atoms. The Morgan fingerprint density at radius 1 is 1.50 bits per heavy atom. The standard InChI is InChI=1S/C7H16N2O/c1-7(2,3)6(10)9-5-4-8/h4-5,8H2,1-3H3,(H,9,10). The maximum Gasteiger partial charge on any atom is 0.225 e. The van der Waals surface area contributed by atoms with Crippen LogP contribution in [0.3, 0.4) is 0 Å². The number of carbonyl (C=O) groups is 1. The van der Waals surface area contributed by atoms with E-state index in [4.69, 9.17) is 5.73 Å². The minimum absolute atomic E-state index is 0.0537. The summed E-state index contributed by atoms with van der Waals surface area (Å²) in [7, 11) is 0. The molecule has 0 fully saturated rings. The lowest BCUT2D eigenvalue weighted by Gasteiger charge is -2.16. The van der Waals surface area contributed by atoms with E-state index in [1.807, 2.05) is 20.8 Å². The van der Waals surface area contributed by atoms with E-state index in [1.165, 1.54) is 0 Å². The Labute approximate surface area is 62.0 Å². The van der Waals surface area contributed by atoms with Crippen LogP contribution in [0.25, 0.3) is 0 Å². The summed E-state index contributed by atoms with van der Waals surface area (Å²) in [6, 6.07) is 0. The minimum atomic E-state index is -0.296. The number of hydrogen-bond donors (Lipinski definition) is 2. The van der Waals surface area contributed by atoms with Crippen molar-refractivity contribution in [2.75, 3.05) is 13.1 Å². The highest BCUT2D eigenvalue weighted by molar-refractivity contribution is 5.81. The fraction of sp³-hybridized carbons (Fsp3) is 0.857. The highest BCUT2D eigenvalue weighted by Crippen LogP contribution is 2.11. The average Bonchev–Trinajstić information content (AvgIpc) is 1.80. The summed E-state index contributed by atoms with van der Waals surface area (Å²) < 4.78 is 0. The van der Waals surface area contributed by atoms with Crippen molar-refractivity contribution in [1.82, 2.24) is 5.32 Å². The van der Waals surface area contributed by atoms with E-state index in [0.717, 1.165) is 0 Å². The summed E-state index contributed by atoms with van der Waals surface area (Å²) in [5.41, 5.74) is 4.91. The van der Waals surface area contributed by atoms with Crippen molar-refractivity contribution in [3.05, 3.63) is 0 Å². The summed E-state index contributed by atoms with van der Waals surface area (Å²) in [4.78, 5) is 11.1. The van der Waals surface area contributed by atoms with Crippen LogP contribution in [0.5, 0.6) is 0 Å². The molecule has 0 aromatic rings. The maximum absolute atomic E-state index is 11.1. The van der Waals surface area contributed by atoms with Crippen LogP contribution < -0.4 is 11.1 Å². The molecule has 0 aromatic heterocycles. The quantitative estimate of drug-likeness (QED) is 0.578.